The fraction of sp³-hybridized carbons (Fsp3) is 0.111. The molecule has 2 aromatic carbocycles. The average molecular weight is 293 g/mol. The van der Waals surface area contributed by atoms with Crippen LogP contribution in [-0.4, -0.2) is 10.8 Å². The Morgan fingerprint density at radius 1 is 1.14 bits per heavy atom. The second-order valence-electron chi connectivity index (χ2n) is 5.17. The Bertz CT molecular complexity index is 938. The van der Waals surface area contributed by atoms with E-state index in [0.29, 0.717) is 22.5 Å². The lowest BCUT2D eigenvalue weighted by Crippen LogP contribution is -2.11. The number of hydrogen-bond donors (Lipinski definition) is 1. The zero-order chi connectivity index (χ0) is 15.7. The molecule has 1 heterocycles. The summed E-state index contributed by atoms with van der Waals surface area (Å²) in [7, 11) is 0. The summed E-state index contributed by atoms with van der Waals surface area (Å²) < 4.78 is 5.31. The molecule has 0 saturated heterocycles. The number of aryl methyl sites for hydroxylation is 1. The summed E-state index contributed by atoms with van der Waals surface area (Å²) in [6.07, 6.45) is 0. The van der Waals surface area contributed by atoms with Crippen LogP contribution in [0.25, 0.3) is 11.0 Å². The largest absolute Gasteiger partial charge is 0.506 e. The molecule has 0 radical (unpaired) electrons. The van der Waals surface area contributed by atoms with Crippen molar-refractivity contribution in [2.24, 2.45) is 4.99 Å². The quantitative estimate of drug-likeness (QED) is 0.575. The van der Waals surface area contributed by atoms with Gasteiger partial charge in [-0.1, -0.05) is 24.3 Å². The van der Waals surface area contributed by atoms with Gasteiger partial charge in [-0.05, 0) is 43.7 Å². The second-order valence-corrected chi connectivity index (χ2v) is 5.17. The first-order valence-corrected chi connectivity index (χ1v) is 6.93. The standard InChI is InChI=1S/C18H15NO3/c1-11-7-8-16(20)15(9-11)19-12(2)14-10-13-5-3-4-6-17(13)22-18(14)21/h3-10,20H,1-2H3. The first-order chi connectivity index (χ1) is 10.5. The third-order valence-electron chi connectivity index (χ3n) is 3.45. The third kappa shape index (κ3) is 2.63. The van der Waals surface area contributed by atoms with Gasteiger partial charge in [-0.15, -0.1) is 0 Å². The SMILES string of the molecule is CC(=Nc1cc(C)ccc1O)c1cc2ccccc2oc1=O. The molecule has 0 saturated carbocycles. The molecule has 1 aromatic heterocycles. The summed E-state index contributed by atoms with van der Waals surface area (Å²) in [4.78, 5) is 16.5. The summed E-state index contributed by atoms with van der Waals surface area (Å²) in [5, 5.41) is 10.7. The van der Waals surface area contributed by atoms with Gasteiger partial charge in [-0.2, -0.15) is 0 Å². The summed E-state index contributed by atoms with van der Waals surface area (Å²) in [6, 6.07) is 14.2. The zero-order valence-electron chi connectivity index (χ0n) is 12.3. The summed E-state index contributed by atoms with van der Waals surface area (Å²) in [5.41, 5.74) is 2.41. The van der Waals surface area contributed by atoms with Crippen molar-refractivity contribution < 1.29 is 9.52 Å². The highest BCUT2D eigenvalue weighted by Gasteiger charge is 2.09. The fourth-order valence-electron chi connectivity index (χ4n) is 2.28. The number of para-hydroxylation sites is 1. The number of nitrogens with zero attached hydrogens (tertiary/aromatic N) is 1. The van der Waals surface area contributed by atoms with Crippen LogP contribution in [0.15, 0.2) is 62.7 Å². The number of aliphatic imine (C=N–C) groups is 1. The topological polar surface area (TPSA) is 62.8 Å². The van der Waals surface area contributed by atoms with Gasteiger partial charge < -0.3 is 9.52 Å². The maximum absolute atomic E-state index is 12.1. The van der Waals surface area contributed by atoms with Crippen LogP contribution in [-0.2, 0) is 0 Å². The van der Waals surface area contributed by atoms with E-state index in [1.807, 2.05) is 25.1 Å². The van der Waals surface area contributed by atoms with E-state index < -0.39 is 5.63 Å². The molecule has 0 aliphatic heterocycles. The van der Waals surface area contributed by atoms with Crippen molar-refractivity contribution in [2.75, 3.05) is 0 Å². The minimum Gasteiger partial charge on any atom is -0.506 e. The van der Waals surface area contributed by atoms with E-state index in [0.717, 1.165) is 10.9 Å². The Morgan fingerprint density at radius 3 is 2.73 bits per heavy atom. The van der Waals surface area contributed by atoms with Crippen molar-refractivity contribution in [3.05, 3.63) is 70.1 Å². The van der Waals surface area contributed by atoms with E-state index in [1.165, 1.54) is 0 Å². The smallest absolute Gasteiger partial charge is 0.345 e. The predicted octanol–water partition coefficient (Wildman–Crippen LogP) is 3.95. The van der Waals surface area contributed by atoms with Crippen LogP contribution in [0.4, 0.5) is 5.69 Å². The molecule has 0 aliphatic rings. The Balaban J connectivity index is 2.14. The van der Waals surface area contributed by atoms with Gasteiger partial charge in [-0.3, -0.25) is 0 Å². The minimum absolute atomic E-state index is 0.0788. The molecule has 0 atom stereocenters. The van der Waals surface area contributed by atoms with Crippen molar-refractivity contribution in [1.82, 2.24) is 0 Å². The number of rotatable bonds is 2. The molecule has 3 rings (SSSR count). The number of aromatic hydroxyl groups is 1. The number of phenolic OH excluding ortho intramolecular Hbond substituents is 1. The molecule has 1 N–H and O–H groups in total. The van der Waals surface area contributed by atoms with E-state index in [-0.39, 0.29) is 5.75 Å². The number of hydrogen-bond acceptors (Lipinski definition) is 4. The molecule has 0 bridgehead atoms. The van der Waals surface area contributed by atoms with E-state index in [1.54, 1.807) is 37.3 Å². The van der Waals surface area contributed by atoms with E-state index >= 15 is 0 Å². The van der Waals surface area contributed by atoms with Gasteiger partial charge in [-0.25, -0.2) is 9.79 Å². The monoisotopic (exact) mass is 293 g/mol. The first-order valence-electron chi connectivity index (χ1n) is 6.93. The molecule has 110 valence electrons. The Morgan fingerprint density at radius 2 is 1.91 bits per heavy atom. The van der Waals surface area contributed by atoms with Crippen LogP contribution in [0, 0.1) is 6.92 Å². The summed E-state index contributed by atoms with van der Waals surface area (Å²) in [6.45, 7) is 3.64. The molecule has 0 spiro atoms. The highest BCUT2D eigenvalue weighted by molar-refractivity contribution is 6.02. The van der Waals surface area contributed by atoms with Crippen LogP contribution in [0.5, 0.6) is 5.75 Å². The zero-order valence-corrected chi connectivity index (χ0v) is 12.3. The lowest BCUT2D eigenvalue weighted by Gasteiger charge is -2.04. The molecule has 4 nitrogen and oxygen atoms in total. The molecule has 22 heavy (non-hydrogen) atoms. The van der Waals surface area contributed by atoms with Crippen molar-refractivity contribution in [2.45, 2.75) is 13.8 Å². The highest BCUT2D eigenvalue weighted by Crippen LogP contribution is 2.27. The molecule has 4 heteroatoms. The van der Waals surface area contributed by atoms with Crippen LogP contribution < -0.4 is 5.63 Å². The fourth-order valence-corrected chi connectivity index (χ4v) is 2.28. The Labute approximate surface area is 127 Å². The van der Waals surface area contributed by atoms with E-state index in [4.69, 9.17) is 4.42 Å². The van der Waals surface area contributed by atoms with E-state index in [9.17, 15) is 9.90 Å². The van der Waals surface area contributed by atoms with Crippen molar-refractivity contribution in [1.29, 1.82) is 0 Å². The minimum atomic E-state index is -0.438. The van der Waals surface area contributed by atoms with Gasteiger partial charge >= 0.3 is 5.63 Å². The highest BCUT2D eigenvalue weighted by atomic mass is 16.4. The van der Waals surface area contributed by atoms with Crippen molar-refractivity contribution in [3.8, 4) is 5.75 Å². The van der Waals surface area contributed by atoms with Crippen LogP contribution in [0.1, 0.15) is 18.1 Å². The predicted molar refractivity (Wildman–Crippen MR) is 87.2 cm³/mol. The van der Waals surface area contributed by atoms with E-state index in [2.05, 4.69) is 4.99 Å². The Hall–Kier alpha value is -2.88. The molecular weight excluding hydrogens is 278 g/mol. The molecule has 3 aromatic rings. The summed E-state index contributed by atoms with van der Waals surface area (Å²) >= 11 is 0. The summed E-state index contributed by atoms with van der Waals surface area (Å²) in [5.74, 6) is 0.0788. The van der Waals surface area contributed by atoms with Crippen molar-refractivity contribution >= 4 is 22.4 Å². The van der Waals surface area contributed by atoms with Crippen LogP contribution >= 0.6 is 0 Å². The van der Waals surface area contributed by atoms with Crippen LogP contribution in [0.3, 0.4) is 0 Å². The molecule has 0 aliphatic carbocycles. The third-order valence-corrected chi connectivity index (χ3v) is 3.45. The number of fused-ring (bicyclic) bond motifs is 1. The van der Waals surface area contributed by atoms with Crippen molar-refractivity contribution in [3.63, 3.8) is 0 Å². The lowest BCUT2D eigenvalue weighted by atomic mass is 10.1. The van der Waals surface area contributed by atoms with Gasteiger partial charge in [0.15, 0.2) is 0 Å². The molecule has 0 amide bonds. The van der Waals surface area contributed by atoms with Gasteiger partial charge in [0.2, 0.25) is 0 Å². The maximum atomic E-state index is 12.1. The second kappa shape index (κ2) is 5.48. The molecule has 0 unspecified atom stereocenters. The van der Waals surface area contributed by atoms with Gasteiger partial charge in [0, 0.05) is 5.39 Å². The maximum Gasteiger partial charge on any atom is 0.345 e. The van der Waals surface area contributed by atoms with Gasteiger partial charge in [0.25, 0.3) is 0 Å². The lowest BCUT2D eigenvalue weighted by molar-refractivity contribution is 0.476. The number of benzene rings is 2. The normalized spacial score (nSPS) is 11.8. The molecular formula is C18H15NO3. The van der Waals surface area contributed by atoms with Gasteiger partial charge in [0.05, 0.1) is 11.3 Å². The van der Waals surface area contributed by atoms with Crippen LogP contribution in [0.2, 0.25) is 0 Å². The number of phenols is 1. The van der Waals surface area contributed by atoms with Gasteiger partial charge in [0.1, 0.15) is 17.0 Å². The first kappa shape index (κ1) is 14.1. The molecule has 0 fully saturated rings. The average Bonchev–Trinajstić information content (AvgIpc) is 2.50. The Kier molecular flexibility index (Phi) is 3.51.